The highest BCUT2D eigenvalue weighted by atomic mass is 32.2. The second kappa shape index (κ2) is 7.25. The fourth-order valence-corrected chi connectivity index (χ4v) is 4.29. The van der Waals surface area contributed by atoms with Gasteiger partial charge in [0.1, 0.15) is 5.60 Å². The summed E-state index contributed by atoms with van der Waals surface area (Å²) in [5, 5.41) is 0.793. The Balaban J connectivity index is 1.30. The van der Waals surface area contributed by atoms with Gasteiger partial charge in [-0.1, -0.05) is 42.1 Å². The smallest absolute Gasteiger partial charge is 0.410 e. The Morgan fingerprint density at radius 1 is 1.15 bits per heavy atom. The van der Waals surface area contributed by atoms with E-state index in [9.17, 15) is 4.79 Å². The maximum atomic E-state index is 11.7. The molecule has 136 valence electrons. The van der Waals surface area contributed by atoms with Gasteiger partial charge in [-0.2, -0.15) is 0 Å². The van der Waals surface area contributed by atoms with Crippen molar-refractivity contribution < 1.29 is 9.53 Å². The number of hydrogen-bond acceptors (Lipinski definition) is 6. The minimum atomic E-state index is -0.335. The predicted molar refractivity (Wildman–Crippen MR) is 99.8 cm³/mol. The van der Waals surface area contributed by atoms with E-state index in [0.717, 1.165) is 42.5 Å². The van der Waals surface area contributed by atoms with Gasteiger partial charge in [0.15, 0.2) is 5.16 Å². The SMILES string of the molecule is CN1C[C@]2(CCN(Cc3cnc(SCc4ccccc4)nc3)C2)OC1=O. The van der Waals surface area contributed by atoms with Crippen LogP contribution in [-0.2, 0) is 17.0 Å². The van der Waals surface area contributed by atoms with Gasteiger partial charge in [0.2, 0.25) is 0 Å². The van der Waals surface area contributed by atoms with Crippen LogP contribution in [0.25, 0.3) is 0 Å². The van der Waals surface area contributed by atoms with E-state index in [1.54, 1.807) is 23.7 Å². The summed E-state index contributed by atoms with van der Waals surface area (Å²) in [5.74, 6) is 0.869. The first-order chi connectivity index (χ1) is 12.6. The highest BCUT2D eigenvalue weighted by Gasteiger charge is 2.48. The number of ether oxygens (including phenoxy) is 1. The molecule has 1 aromatic carbocycles. The number of amides is 1. The van der Waals surface area contributed by atoms with Crippen LogP contribution in [0.5, 0.6) is 0 Å². The summed E-state index contributed by atoms with van der Waals surface area (Å²) in [6, 6.07) is 10.3. The lowest BCUT2D eigenvalue weighted by Gasteiger charge is -2.21. The first-order valence-corrected chi connectivity index (χ1v) is 9.75. The highest BCUT2D eigenvalue weighted by molar-refractivity contribution is 7.98. The van der Waals surface area contributed by atoms with Crippen LogP contribution in [0, 0.1) is 0 Å². The number of carbonyl (C=O) groups is 1. The van der Waals surface area contributed by atoms with Crippen LogP contribution < -0.4 is 0 Å². The van der Waals surface area contributed by atoms with Crippen LogP contribution in [0.15, 0.2) is 47.9 Å². The van der Waals surface area contributed by atoms with E-state index in [1.807, 2.05) is 30.6 Å². The molecule has 0 aliphatic carbocycles. The van der Waals surface area contributed by atoms with Gasteiger partial charge >= 0.3 is 6.09 Å². The molecule has 1 aromatic heterocycles. The molecule has 0 saturated carbocycles. The number of nitrogens with zero attached hydrogens (tertiary/aromatic N) is 4. The third-order valence-electron chi connectivity index (χ3n) is 4.83. The lowest BCUT2D eigenvalue weighted by atomic mass is 10.0. The van der Waals surface area contributed by atoms with Crippen molar-refractivity contribution >= 4 is 17.9 Å². The highest BCUT2D eigenvalue weighted by Crippen LogP contribution is 2.32. The summed E-state index contributed by atoms with van der Waals surface area (Å²) >= 11 is 1.64. The molecular formula is C19H22N4O2S. The van der Waals surface area contributed by atoms with Crippen LogP contribution in [0.1, 0.15) is 17.5 Å². The summed E-state index contributed by atoms with van der Waals surface area (Å²) in [6.45, 7) is 3.15. The molecule has 7 heteroatoms. The van der Waals surface area contributed by atoms with E-state index in [0.29, 0.717) is 6.54 Å². The average Bonchev–Trinajstić information content (AvgIpc) is 3.16. The molecule has 2 saturated heterocycles. The third kappa shape index (κ3) is 3.83. The molecule has 6 nitrogen and oxygen atoms in total. The largest absolute Gasteiger partial charge is 0.439 e. The zero-order valence-corrected chi connectivity index (χ0v) is 15.6. The van der Waals surface area contributed by atoms with Gasteiger partial charge in [0.05, 0.1) is 6.54 Å². The van der Waals surface area contributed by atoms with Crippen LogP contribution >= 0.6 is 11.8 Å². The summed E-state index contributed by atoms with van der Waals surface area (Å²) < 4.78 is 5.59. The zero-order valence-electron chi connectivity index (χ0n) is 14.8. The van der Waals surface area contributed by atoms with E-state index in [1.165, 1.54) is 5.56 Å². The first kappa shape index (κ1) is 17.3. The number of thioether (sulfide) groups is 1. The van der Waals surface area contributed by atoms with Gasteiger partial charge in [-0.3, -0.25) is 4.90 Å². The molecule has 4 rings (SSSR count). The maximum Gasteiger partial charge on any atom is 0.410 e. The lowest BCUT2D eigenvalue weighted by Crippen LogP contribution is -2.37. The Morgan fingerprint density at radius 3 is 2.62 bits per heavy atom. The van der Waals surface area contributed by atoms with Crippen molar-refractivity contribution in [1.29, 1.82) is 0 Å². The van der Waals surface area contributed by atoms with E-state index in [2.05, 4.69) is 27.0 Å². The van der Waals surface area contributed by atoms with Crippen molar-refractivity contribution in [2.24, 2.45) is 0 Å². The Bertz CT molecular complexity index is 771. The van der Waals surface area contributed by atoms with Crippen molar-refractivity contribution in [3.63, 3.8) is 0 Å². The number of benzene rings is 1. The minimum Gasteiger partial charge on any atom is -0.439 e. The fraction of sp³-hybridized carbons (Fsp3) is 0.421. The average molecular weight is 370 g/mol. The quantitative estimate of drug-likeness (QED) is 0.596. The van der Waals surface area contributed by atoms with Gasteiger partial charge < -0.3 is 9.64 Å². The van der Waals surface area contributed by atoms with E-state index in [4.69, 9.17) is 4.74 Å². The fourth-order valence-electron chi connectivity index (χ4n) is 3.55. The monoisotopic (exact) mass is 370 g/mol. The van der Waals surface area contributed by atoms with Crippen molar-refractivity contribution in [2.45, 2.75) is 29.5 Å². The molecule has 1 amide bonds. The molecule has 2 aliphatic rings. The molecule has 2 fully saturated rings. The molecule has 0 unspecified atom stereocenters. The molecule has 0 N–H and O–H groups in total. The Labute approximate surface area is 157 Å². The summed E-state index contributed by atoms with van der Waals surface area (Å²) in [5.41, 5.74) is 2.02. The summed E-state index contributed by atoms with van der Waals surface area (Å²) in [7, 11) is 1.79. The van der Waals surface area contributed by atoms with Gasteiger partial charge in [-0.15, -0.1) is 0 Å². The Morgan fingerprint density at radius 2 is 1.92 bits per heavy atom. The first-order valence-electron chi connectivity index (χ1n) is 8.76. The topological polar surface area (TPSA) is 58.6 Å². The predicted octanol–water partition coefficient (Wildman–Crippen LogP) is 2.80. The molecule has 2 aromatic rings. The van der Waals surface area contributed by atoms with E-state index >= 15 is 0 Å². The van der Waals surface area contributed by atoms with Crippen LogP contribution in [0.3, 0.4) is 0 Å². The Kier molecular flexibility index (Phi) is 4.82. The van der Waals surface area contributed by atoms with Crippen molar-refractivity contribution in [3.05, 3.63) is 53.9 Å². The number of likely N-dealkylation sites (tertiary alicyclic amines) is 1. The number of carbonyl (C=O) groups excluding carboxylic acids is 1. The van der Waals surface area contributed by atoms with Gasteiger partial charge in [-0.25, -0.2) is 14.8 Å². The van der Waals surface area contributed by atoms with Crippen LogP contribution in [0.2, 0.25) is 0 Å². The minimum absolute atomic E-state index is 0.213. The van der Waals surface area contributed by atoms with Crippen molar-refractivity contribution in [3.8, 4) is 0 Å². The lowest BCUT2D eigenvalue weighted by molar-refractivity contribution is 0.0627. The van der Waals surface area contributed by atoms with Gasteiger partial charge in [0, 0.05) is 56.8 Å². The molecule has 2 aliphatic heterocycles. The zero-order chi connectivity index (χ0) is 18.0. The number of likely N-dealkylation sites (N-methyl/N-ethyl adjacent to an activating group) is 1. The van der Waals surface area contributed by atoms with Crippen LogP contribution in [0.4, 0.5) is 4.79 Å². The van der Waals surface area contributed by atoms with Gasteiger partial charge in [-0.05, 0) is 5.56 Å². The number of hydrogen-bond donors (Lipinski definition) is 0. The van der Waals surface area contributed by atoms with E-state index in [-0.39, 0.29) is 11.7 Å². The van der Waals surface area contributed by atoms with E-state index < -0.39 is 0 Å². The van der Waals surface area contributed by atoms with Gasteiger partial charge in [0.25, 0.3) is 0 Å². The number of aromatic nitrogens is 2. The van der Waals surface area contributed by atoms with Crippen molar-refractivity contribution in [1.82, 2.24) is 19.8 Å². The number of rotatable bonds is 5. The summed E-state index contributed by atoms with van der Waals surface area (Å²) in [4.78, 5) is 24.6. The molecule has 26 heavy (non-hydrogen) atoms. The van der Waals surface area contributed by atoms with Crippen LogP contribution in [-0.4, -0.2) is 58.1 Å². The molecule has 3 heterocycles. The third-order valence-corrected chi connectivity index (χ3v) is 5.78. The standard InChI is InChI=1S/C19H22N4O2S/c1-22-13-19(25-18(22)24)7-8-23(14-19)11-16-9-20-17(21-10-16)26-12-15-5-3-2-4-6-15/h2-6,9-10H,7-8,11-14H2,1H3/t19-/m0/s1. The van der Waals surface area contributed by atoms with Crippen molar-refractivity contribution in [2.75, 3.05) is 26.7 Å². The second-order valence-corrected chi connectivity index (χ2v) is 7.96. The second-order valence-electron chi connectivity index (χ2n) is 7.02. The normalized spacial score (nSPS) is 23.0. The maximum absolute atomic E-state index is 11.7. The molecule has 0 bridgehead atoms. The summed E-state index contributed by atoms with van der Waals surface area (Å²) in [6.07, 6.45) is 4.47. The molecular weight excluding hydrogens is 348 g/mol. The molecule has 1 spiro atoms. The molecule has 1 atom stereocenters. The molecule has 0 radical (unpaired) electrons. The Hall–Kier alpha value is -2.12.